The van der Waals surface area contributed by atoms with Crippen LogP contribution in [0.4, 0.5) is 5.69 Å². The molecule has 0 saturated carbocycles. The van der Waals surface area contributed by atoms with Gasteiger partial charge >= 0.3 is 0 Å². The lowest BCUT2D eigenvalue weighted by Crippen LogP contribution is -2.17. The molecule has 1 aromatic carbocycles. The minimum atomic E-state index is -0.129. The molecule has 3 nitrogen and oxygen atoms in total. The Kier molecular flexibility index (Phi) is 3.08. The monoisotopic (exact) mass is 166 g/mol. The van der Waals surface area contributed by atoms with E-state index in [1.54, 1.807) is 7.11 Å². The van der Waals surface area contributed by atoms with E-state index >= 15 is 0 Å². The van der Waals surface area contributed by atoms with Crippen LogP contribution in [0.15, 0.2) is 24.3 Å². The van der Waals surface area contributed by atoms with Crippen LogP contribution in [0.1, 0.15) is 11.6 Å². The van der Waals surface area contributed by atoms with Crippen molar-refractivity contribution in [3.8, 4) is 0 Å². The predicted octanol–water partition coefficient (Wildman–Crippen LogP) is 0.915. The molecule has 4 N–H and O–H groups in total. The van der Waals surface area contributed by atoms with Gasteiger partial charge in [-0.25, -0.2) is 0 Å². The Hall–Kier alpha value is -1.06. The highest BCUT2D eigenvalue weighted by Crippen LogP contribution is 2.17. The molecule has 0 unspecified atom stereocenters. The van der Waals surface area contributed by atoms with Crippen molar-refractivity contribution in [2.24, 2.45) is 5.73 Å². The highest BCUT2D eigenvalue weighted by Gasteiger charge is 2.07. The van der Waals surface area contributed by atoms with E-state index in [0.717, 1.165) is 11.3 Å². The van der Waals surface area contributed by atoms with Crippen LogP contribution in [0.25, 0.3) is 0 Å². The fourth-order valence-electron chi connectivity index (χ4n) is 1.12. The molecule has 1 rings (SSSR count). The van der Waals surface area contributed by atoms with Crippen LogP contribution in [-0.2, 0) is 4.74 Å². The van der Waals surface area contributed by atoms with Gasteiger partial charge in [-0.15, -0.1) is 0 Å². The zero-order valence-corrected chi connectivity index (χ0v) is 7.16. The maximum atomic E-state index is 5.80. The van der Waals surface area contributed by atoms with Gasteiger partial charge < -0.3 is 16.2 Å². The predicted molar refractivity (Wildman–Crippen MR) is 49.7 cm³/mol. The number of nitrogen functional groups attached to an aromatic ring is 1. The Morgan fingerprint density at radius 2 is 2.08 bits per heavy atom. The third kappa shape index (κ3) is 1.96. The van der Waals surface area contributed by atoms with Crippen molar-refractivity contribution in [2.75, 3.05) is 19.5 Å². The fraction of sp³-hybridized carbons (Fsp3) is 0.333. The van der Waals surface area contributed by atoms with Gasteiger partial charge in [-0.1, -0.05) is 18.2 Å². The molecule has 1 aromatic rings. The molecule has 0 aliphatic heterocycles. The van der Waals surface area contributed by atoms with E-state index in [0.29, 0.717) is 6.61 Å². The molecule has 0 spiro atoms. The molecule has 0 amide bonds. The lowest BCUT2D eigenvalue weighted by Gasteiger charge is -2.12. The van der Waals surface area contributed by atoms with Crippen molar-refractivity contribution in [2.45, 2.75) is 6.04 Å². The Morgan fingerprint density at radius 1 is 1.42 bits per heavy atom. The summed E-state index contributed by atoms with van der Waals surface area (Å²) in [7, 11) is 1.62. The number of anilines is 1. The number of methoxy groups -OCH3 is 1. The van der Waals surface area contributed by atoms with Crippen molar-refractivity contribution in [1.82, 2.24) is 0 Å². The summed E-state index contributed by atoms with van der Waals surface area (Å²) in [5.74, 6) is 0. The number of hydrogen-bond donors (Lipinski definition) is 2. The quantitative estimate of drug-likeness (QED) is 0.656. The Labute approximate surface area is 72.3 Å². The minimum absolute atomic E-state index is 0.129. The summed E-state index contributed by atoms with van der Waals surface area (Å²) >= 11 is 0. The van der Waals surface area contributed by atoms with Gasteiger partial charge in [-0.05, 0) is 11.6 Å². The van der Waals surface area contributed by atoms with E-state index < -0.39 is 0 Å². The van der Waals surface area contributed by atoms with E-state index in [9.17, 15) is 0 Å². The Bertz CT molecular complexity index is 250. The molecule has 0 aliphatic rings. The number of rotatable bonds is 3. The largest absolute Gasteiger partial charge is 0.398 e. The van der Waals surface area contributed by atoms with E-state index in [1.807, 2.05) is 24.3 Å². The van der Waals surface area contributed by atoms with Gasteiger partial charge in [-0.3, -0.25) is 0 Å². The first kappa shape index (κ1) is 9.03. The number of ether oxygens (including phenoxy) is 1. The molecule has 3 heteroatoms. The first-order valence-electron chi connectivity index (χ1n) is 3.84. The highest BCUT2D eigenvalue weighted by atomic mass is 16.5. The SMILES string of the molecule is COC[C@@H](N)c1ccccc1N. The average Bonchev–Trinajstić information content (AvgIpc) is 2.05. The van der Waals surface area contributed by atoms with Gasteiger partial charge in [0.15, 0.2) is 0 Å². The smallest absolute Gasteiger partial charge is 0.0656 e. The van der Waals surface area contributed by atoms with Crippen LogP contribution in [-0.4, -0.2) is 13.7 Å². The molecule has 0 radical (unpaired) electrons. The molecule has 0 heterocycles. The third-order valence-electron chi connectivity index (χ3n) is 1.74. The van der Waals surface area contributed by atoms with Crippen LogP contribution in [0.3, 0.4) is 0 Å². The molecular formula is C9H14N2O. The second kappa shape index (κ2) is 4.09. The molecule has 0 aromatic heterocycles. The topological polar surface area (TPSA) is 61.3 Å². The number of benzene rings is 1. The van der Waals surface area contributed by atoms with Crippen molar-refractivity contribution < 1.29 is 4.74 Å². The lowest BCUT2D eigenvalue weighted by atomic mass is 10.1. The van der Waals surface area contributed by atoms with Gasteiger partial charge in [0.2, 0.25) is 0 Å². The van der Waals surface area contributed by atoms with E-state index in [1.165, 1.54) is 0 Å². The summed E-state index contributed by atoms with van der Waals surface area (Å²) in [5.41, 5.74) is 13.2. The molecule has 12 heavy (non-hydrogen) atoms. The zero-order valence-electron chi connectivity index (χ0n) is 7.16. The summed E-state index contributed by atoms with van der Waals surface area (Å²) in [4.78, 5) is 0. The lowest BCUT2D eigenvalue weighted by molar-refractivity contribution is 0.181. The summed E-state index contributed by atoms with van der Waals surface area (Å²) in [6, 6.07) is 7.43. The Morgan fingerprint density at radius 3 is 2.67 bits per heavy atom. The highest BCUT2D eigenvalue weighted by molar-refractivity contribution is 5.47. The maximum absolute atomic E-state index is 5.80. The molecule has 66 valence electrons. The summed E-state index contributed by atoms with van der Waals surface area (Å²) in [6.07, 6.45) is 0. The second-order valence-corrected chi connectivity index (χ2v) is 2.69. The minimum Gasteiger partial charge on any atom is -0.398 e. The van der Waals surface area contributed by atoms with Gasteiger partial charge in [0, 0.05) is 12.8 Å². The standard InChI is InChI=1S/C9H14N2O/c1-12-6-9(11)7-4-2-3-5-8(7)10/h2-5,9H,6,10-11H2,1H3/t9-/m1/s1. The van der Waals surface area contributed by atoms with Crippen molar-refractivity contribution in [1.29, 1.82) is 0 Å². The number of para-hydroxylation sites is 1. The van der Waals surface area contributed by atoms with Crippen LogP contribution >= 0.6 is 0 Å². The van der Waals surface area contributed by atoms with Gasteiger partial charge in [0.05, 0.1) is 12.6 Å². The van der Waals surface area contributed by atoms with Crippen molar-refractivity contribution in [3.05, 3.63) is 29.8 Å². The molecule has 0 saturated heterocycles. The zero-order chi connectivity index (χ0) is 8.97. The van der Waals surface area contributed by atoms with Gasteiger partial charge in [0.1, 0.15) is 0 Å². The number of nitrogens with two attached hydrogens (primary N) is 2. The third-order valence-corrected chi connectivity index (χ3v) is 1.74. The molecule has 0 fully saturated rings. The molecule has 1 atom stereocenters. The molecule has 0 aliphatic carbocycles. The van der Waals surface area contributed by atoms with Crippen LogP contribution in [0, 0.1) is 0 Å². The van der Waals surface area contributed by atoms with E-state index in [4.69, 9.17) is 16.2 Å². The van der Waals surface area contributed by atoms with Crippen LogP contribution in [0.5, 0.6) is 0 Å². The van der Waals surface area contributed by atoms with Crippen molar-refractivity contribution in [3.63, 3.8) is 0 Å². The van der Waals surface area contributed by atoms with E-state index in [-0.39, 0.29) is 6.04 Å². The Balaban J connectivity index is 2.79. The van der Waals surface area contributed by atoms with Crippen molar-refractivity contribution >= 4 is 5.69 Å². The molecular weight excluding hydrogens is 152 g/mol. The second-order valence-electron chi connectivity index (χ2n) is 2.69. The summed E-state index contributed by atoms with van der Waals surface area (Å²) in [6.45, 7) is 0.494. The number of hydrogen-bond acceptors (Lipinski definition) is 3. The normalized spacial score (nSPS) is 12.8. The average molecular weight is 166 g/mol. The maximum Gasteiger partial charge on any atom is 0.0656 e. The molecule has 0 bridgehead atoms. The van der Waals surface area contributed by atoms with Crippen LogP contribution < -0.4 is 11.5 Å². The van der Waals surface area contributed by atoms with Gasteiger partial charge in [0.25, 0.3) is 0 Å². The first-order chi connectivity index (χ1) is 5.75. The first-order valence-corrected chi connectivity index (χ1v) is 3.84. The summed E-state index contributed by atoms with van der Waals surface area (Å²) < 4.78 is 4.93. The summed E-state index contributed by atoms with van der Waals surface area (Å²) in [5, 5.41) is 0. The fourth-order valence-corrected chi connectivity index (χ4v) is 1.12. The van der Waals surface area contributed by atoms with Crippen LogP contribution in [0.2, 0.25) is 0 Å². The van der Waals surface area contributed by atoms with E-state index in [2.05, 4.69) is 0 Å². The van der Waals surface area contributed by atoms with Gasteiger partial charge in [-0.2, -0.15) is 0 Å².